The number of carbonyl (C=O) groups excluding carboxylic acids is 1. The van der Waals surface area contributed by atoms with E-state index in [1.165, 1.54) is 6.07 Å². The lowest BCUT2D eigenvalue weighted by molar-refractivity contribution is -0.137. The number of alkyl halides is 3. The summed E-state index contributed by atoms with van der Waals surface area (Å²) in [5.74, 6) is -0.351. The third kappa shape index (κ3) is 5.46. The smallest absolute Gasteiger partial charge is 0.325 e. The quantitative estimate of drug-likeness (QED) is 0.816. The maximum Gasteiger partial charge on any atom is 0.417 e. The number of hydrogen-bond acceptors (Lipinski definition) is 4. The number of carbonyl (C=O) groups is 1. The summed E-state index contributed by atoms with van der Waals surface area (Å²) in [5.41, 5.74) is 0.254. The van der Waals surface area contributed by atoms with E-state index in [2.05, 4.69) is 15.3 Å². The standard InChI is InChI=1S/C18H21ClF3N5O/c1-25-10-13(9-23-25)11-26-4-6-27(7-5-26)12-17(28)24-14-2-3-16(19)15(8-14)18(20,21)22/h2-3,8-10H,4-7,11-12H2,1H3,(H,24,28). The first-order valence-corrected chi connectivity index (χ1v) is 9.17. The molecule has 1 amide bonds. The number of hydrogen-bond donors (Lipinski definition) is 1. The molecule has 3 rings (SSSR count). The summed E-state index contributed by atoms with van der Waals surface area (Å²) in [6.07, 6.45) is -0.759. The molecule has 152 valence electrons. The van der Waals surface area contributed by atoms with Crippen molar-refractivity contribution in [1.82, 2.24) is 19.6 Å². The second-order valence-corrected chi connectivity index (χ2v) is 7.22. The molecule has 0 aliphatic carbocycles. The van der Waals surface area contributed by atoms with Crippen LogP contribution >= 0.6 is 11.6 Å². The van der Waals surface area contributed by atoms with Gasteiger partial charge in [0.2, 0.25) is 5.91 Å². The SMILES string of the molecule is Cn1cc(CN2CCN(CC(=O)Nc3ccc(Cl)c(C(F)(F)F)c3)CC2)cn1. The number of halogens is 4. The van der Waals surface area contributed by atoms with Gasteiger partial charge in [0.1, 0.15) is 0 Å². The fourth-order valence-electron chi connectivity index (χ4n) is 3.14. The molecule has 1 aromatic heterocycles. The average molecular weight is 416 g/mol. The largest absolute Gasteiger partial charge is 0.417 e. The molecule has 1 fully saturated rings. The lowest BCUT2D eigenvalue weighted by Gasteiger charge is -2.34. The normalized spacial score (nSPS) is 16.3. The van der Waals surface area contributed by atoms with Gasteiger partial charge in [-0.15, -0.1) is 0 Å². The molecule has 28 heavy (non-hydrogen) atoms. The molecule has 0 atom stereocenters. The van der Waals surface area contributed by atoms with Crippen LogP contribution in [0.3, 0.4) is 0 Å². The molecule has 0 spiro atoms. The van der Waals surface area contributed by atoms with Crippen molar-refractivity contribution in [3.63, 3.8) is 0 Å². The van der Waals surface area contributed by atoms with Crippen LogP contribution in [0, 0.1) is 0 Å². The summed E-state index contributed by atoms with van der Waals surface area (Å²) in [5, 5.41) is 6.28. The topological polar surface area (TPSA) is 53.4 Å². The Labute approximate surface area is 165 Å². The van der Waals surface area contributed by atoms with Gasteiger partial charge in [0, 0.05) is 57.2 Å². The maximum absolute atomic E-state index is 12.9. The van der Waals surface area contributed by atoms with Gasteiger partial charge in [0.05, 0.1) is 23.3 Å². The molecular formula is C18H21ClF3N5O. The van der Waals surface area contributed by atoms with Gasteiger partial charge in [0.25, 0.3) is 0 Å². The molecule has 0 bridgehead atoms. The second-order valence-electron chi connectivity index (χ2n) is 6.82. The number of piperazine rings is 1. The molecule has 0 saturated carbocycles. The first kappa shape index (κ1) is 20.6. The molecule has 1 aliphatic heterocycles. The van der Waals surface area contributed by atoms with Crippen molar-refractivity contribution < 1.29 is 18.0 Å². The van der Waals surface area contributed by atoms with E-state index in [1.54, 1.807) is 4.68 Å². The van der Waals surface area contributed by atoms with Crippen LogP contribution in [0.25, 0.3) is 0 Å². The van der Waals surface area contributed by atoms with Crippen LogP contribution in [0.1, 0.15) is 11.1 Å². The molecular weight excluding hydrogens is 395 g/mol. The van der Waals surface area contributed by atoms with Crippen molar-refractivity contribution in [2.75, 3.05) is 38.0 Å². The highest BCUT2D eigenvalue weighted by atomic mass is 35.5. The molecule has 1 saturated heterocycles. The zero-order valence-corrected chi connectivity index (χ0v) is 16.1. The minimum atomic E-state index is -4.57. The van der Waals surface area contributed by atoms with Crippen molar-refractivity contribution in [3.8, 4) is 0 Å². The van der Waals surface area contributed by atoms with Gasteiger partial charge in [-0.05, 0) is 18.2 Å². The Hall–Kier alpha value is -2.10. The predicted octanol–water partition coefficient (Wildman–Crippen LogP) is 2.85. The zero-order chi connectivity index (χ0) is 20.3. The van der Waals surface area contributed by atoms with Gasteiger partial charge in [-0.2, -0.15) is 18.3 Å². The molecule has 2 aromatic rings. The monoisotopic (exact) mass is 415 g/mol. The lowest BCUT2D eigenvalue weighted by Crippen LogP contribution is -2.48. The van der Waals surface area contributed by atoms with E-state index in [-0.39, 0.29) is 18.1 Å². The van der Waals surface area contributed by atoms with Gasteiger partial charge >= 0.3 is 6.18 Å². The molecule has 0 unspecified atom stereocenters. The first-order chi connectivity index (χ1) is 13.2. The highest BCUT2D eigenvalue weighted by Crippen LogP contribution is 2.36. The summed E-state index contributed by atoms with van der Waals surface area (Å²) in [4.78, 5) is 16.5. The number of benzene rings is 1. The number of anilines is 1. The van der Waals surface area contributed by atoms with Gasteiger partial charge in [-0.3, -0.25) is 19.3 Å². The Balaban J connectivity index is 1.48. The van der Waals surface area contributed by atoms with Crippen molar-refractivity contribution >= 4 is 23.2 Å². The molecule has 1 N–H and O–H groups in total. The van der Waals surface area contributed by atoms with Crippen LogP contribution in [-0.2, 0) is 24.6 Å². The van der Waals surface area contributed by atoms with Gasteiger partial charge in [-0.25, -0.2) is 0 Å². The Morgan fingerprint density at radius 2 is 1.89 bits per heavy atom. The summed E-state index contributed by atoms with van der Waals surface area (Å²) < 4.78 is 40.5. The van der Waals surface area contributed by atoms with Crippen molar-refractivity contribution in [2.24, 2.45) is 7.05 Å². The lowest BCUT2D eigenvalue weighted by atomic mass is 10.2. The number of nitrogens with one attached hydrogen (secondary N) is 1. The van der Waals surface area contributed by atoms with Gasteiger partial charge in [-0.1, -0.05) is 11.6 Å². The van der Waals surface area contributed by atoms with Gasteiger partial charge < -0.3 is 5.32 Å². The van der Waals surface area contributed by atoms with E-state index < -0.39 is 16.8 Å². The highest BCUT2D eigenvalue weighted by molar-refractivity contribution is 6.31. The van der Waals surface area contributed by atoms with E-state index >= 15 is 0 Å². The minimum absolute atomic E-state index is 0.0805. The fourth-order valence-corrected chi connectivity index (χ4v) is 3.37. The van der Waals surface area contributed by atoms with Crippen molar-refractivity contribution in [1.29, 1.82) is 0 Å². The summed E-state index contributed by atoms with van der Waals surface area (Å²) >= 11 is 5.60. The first-order valence-electron chi connectivity index (χ1n) is 8.79. The fraction of sp³-hybridized carbons (Fsp3) is 0.444. The predicted molar refractivity (Wildman–Crippen MR) is 100 cm³/mol. The highest BCUT2D eigenvalue weighted by Gasteiger charge is 2.33. The number of aryl methyl sites for hydroxylation is 1. The van der Waals surface area contributed by atoms with E-state index in [0.717, 1.165) is 37.3 Å². The number of amides is 1. The number of aromatic nitrogens is 2. The van der Waals surface area contributed by atoms with Crippen LogP contribution in [0.2, 0.25) is 5.02 Å². The molecule has 6 nitrogen and oxygen atoms in total. The van der Waals surface area contributed by atoms with Crippen molar-refractivity contribution in [3.05, 3.63) is 46.7 Å². The maximum atomic E-state index is 12.9. The molecule has 0 radical (unpaired) electrons. The van der Waals surface area contributed by atoms with E-state index in [4.69, 9.17) is 11.6 Å². The third-order valence-electron chi connectivity index (χ3n) is 4.55. The third-order valence-corrected chi connectivity index (χ3v) is 4.88. The minimum Gasteiger partial charge on any atom is -0.325 e. The summed E-state index contributed by atoms with van der Waals surface area (Å²) in [6.45, 7) is 3.97. The molecule has 1 aromatic carbocycles. The molecule has 2 heterocycles. The number of nitrogens with zero attached hydrogens (tertiary/aromatic N) is 4. The summed E-state index contributed by atoms with van der Waals surface area (Å²) in [7, 11) is 1.87. The molecule has 1 aliphatic rings. The summed E-state index contributed by atoms with van der Waals surface area (Å²) in [6, 6.07) is 3.35. The van der Waals surface area contributed by atoms with Gasteiger partial charge in [0.15, 0.2) is 0 Å². The van der Waals surface area contributed by atoms with Crippen molar-refractivity contribution in [2.45, 2.75) is 12.7 Å². The molecule has 10 heteroatoms. The Bertz CT molecular complexity index is 831. The van der Waals surface area contributed by atoms with E-state index in [1.807, 2.05) is 24.3 Å². The average Bonchev–Trinajstić information content (AvgIpc) is 3.02. The van der Waals surface area contributed by atoms with E-state index in [0.29, 0.717) is 13.1 Å². The van der Waals surface area contributed by atoms with E-state index in [9.17, 15) is 18.0 Å². The zero-order valence-electron chi connectivity index (χ0n) is 15.3. The van der Waals surface area contributed by atoms with Crippen LogP contribution < -0.4 is 5.32 Å². The van der Waals surface area contributed by atoms with Crippen LogP contribution in [0.5, 0.6) is 0 Å². The Morgan fingerprint density at radius 3 is 2.50 bits per heavy atom. The second kappa shape index (κ2) is 8.50. The Morgan fingerprint density at radius 1 is 1.21 bits per heavy atom. The Kier molecular flexibility index (Phi) is 6.26. The van der Waals surface area contributed by atoms with Crippen LogP contribution in [0.15, 0.2) is 30.6 Å². The van der Waals surface area contributed by atoms with Crippen LogP contribution in [-0.4, -0.2) is 58.2 Å². The number of rotatable bonds is 5. The van der Waals surface area contributed by atoms with Crippen LogP contribution in [0.4, 0.5) is 18.9 Å².